The molecule has 3 nitrogen and oxygen atoms in total. The lowest BCUT2D eigenvalue weighted by Crippen LogP contribution is -2.05. The molecular weight excluding hydrogens is 250 g/mol. The van der Waals surface area contributed by atoms with Crippen molar-refractivity contribution in [2.45, 2.75) is 20.0 Å². The maximum Gasteiger partial charge on any atom is 0.124 e. The third-order valence-electron chi connectivity index (χ3n) is 3.12. The summed E-state index contributed by atoms with van der Waals surface area (Å²) < 4.78 is 5.47. The van der Waals surface area contributed by atoms with Crippen LogP contribution in [0.2, 0.25) is 0 Å². The smallest absolute Gasteiger partial charge is 0.124 e. The molecule has 106 valence electrons. The van der Waals surface area contributed by atoms with Crippen LogP contribution in [0, 0.1) is 0 Å². The predicted molar refractivity (Wildman–Crippen MR) is 82.2 cm³/mol. The van der Waals surface area contributed by atoms with Gasteiger partial charge in [-0.3, -0.25) is 0 Å². The fourth-order valence-corrected chi connectivity index (χ4v) is 2.11. The number of aliphatic hydroxyl groups excluding tert-OH is 1. The first-order chi connectivity index (χ1) is 9.83. The van der Waals surface area contributed by atoms with Crippen molar-refractivity contribution < 1.29 is 9.84 Å². The highest BCUT2D eigenvalue weighted by Crippen LogP contribution is 2.23. The van der Waals surface area contributed by atoms with E-state index in [9.17, 15) is 5.11 Å². The van der Waals surface area contributed by atoms with Crippen molar-refractivity contribution in [1.29, 1.82) is 0 Å². The molecule has 0 saturated heterocycles. The van der Waals surface area contributed by atoms with Gasteiger partial charge in [0, 0.05) is 17.8 Å². The molecule has 2 aromatic rings. The first-order valence-corrected chi connectivity index (χ1v) is 6.98. The van der Waals surface area contributed by atoms with E-state index in [1.807, 2.05) is 31.2 Å². The summed E-state index contributed by atoms with van der Waals surface area (Å²) in [4.78, 5) is 0. The van der Waals surface area contributed by atoms with E-state index < -0.39 is 0 Å². The molecule has 2 aromatic carbocycles. The second-order valence-electron chi connectivity index (χ2n) is 4.58. The minimum Gasteiger partial charge on any atom is -0.494 e. The monoisotopic (exact) mass is 271 g/mol. The normalized spacial score (nSPS) is 10.3. The van der Waals surface area contributed by atoms with Gasteiger partial charge in [-0.2, -0.15) is 0 Å². The van der Waals surface area contributed by atoms with Crippen molar-refractivity contribution >= 4 is 5.69 Å². The molecule has 0 aliphatic heterocycles. The van der Waals surface area contributed by atoms with Crippen molar-refractivity contribution in [2.75, 3.05) is 18.5 Å². The molecule has 2 N–H and O–H groups in total. The van der Waals surface area contributed by atoms with Crippen LogP contribution in [0.1, 0.15) is 18.1 Å². The molecule has 0 amide bonds. The van der Waals surface area contributed by atoms with Crippen LogP contribution < -0.4 is 10.1 Å². The summed E-state index contributed by atoms with van der Waals surface area (Å²) in [6.45, 7) is 3.40. The van der Waals surface area contributed by atoms with Gasteiger partial charge in [-0.1, -0.05) is 30.3 Å². The molecule has 0 radical (unpaired) electrons. The number of aliphatic hydroxyl groups is 1. The van der Waals surface area contributed by atoms with Gasteiger partial charge in [0.1, 0.15) is 5.75 Å². The van der Waals surface area contributed by atoms with Crippen LogP contribution in [0.5, 0.6) is 5.75 Å². The van der Waals surface area contributed by atoms with E-state index in [2.05, 4.69) is 29.6 Å². The molecule has 0 heterocycles. The standard InChI is InChI=1S/C17H21NO2/c1-2-20-17-9-8-16(12-15(17)13-19)18-11-10-14-6-4-3-5-7-14/h3-9,12,18-19H,2,10-11,13H2,1H3. The van der Waals surface area contributed by atoms with Gasteiger partial charge in [0.05, 0.1) is 13.2 Å². The van der Waals surface area contributed by atoms with Crippen molar-refractivity contribution in [3.8, 4) is 5.75 Å². The first-order valence-electron chi connectivity index (χ1n) is 6.98. The number of hydrogen-bond acceptors (Lipinski definition) is 3. The van der Waals surface area contributed by atoms with E-state index in [-0.39, 0.29) is 6.61 Å². The summed E-state index contributed by atoms with van der Waals surface area (Å²) in [5.74, 6) is 0.753. The van der Waals surface area contributed by atoms with Crippen LogP contribution in [-0.4, -0.2) is 18.3 Å². The molecule has 20 heavy (non-hydrogen) atoms. The number of rotatable bonds is 7. The van der Waals surface area contributed by atoms with E-state index in [0.717, 1.165) is 30.0 Å². The Labute approximate surface area is 120 Å². The SMILES string of the molecule is CCOc1ccc(NCCc2ccccc2)cc1CO. The zero-order valence-corrected chi connectivity index (χ0v) is 11.8. The molecule has 0 saturated carbocycles. The molecule has 0 spiro atoms. The van der Waals surface area contributed by atoms with Gasteiger partial charge in [0.25, 0.3) is 0 Å². The quantitative estimate of drug-likeness (QED) is 0.812. The Hall–Kier alpha value is -2.00. The fourth-order valence-electron chi connectivity index (χ4n) is 2.11. The number of benzene rings is 2. The molecular formula is C17H21NO2. The van der Waals surface area contributed by atoms with E-state index in [1.165, 1.54) is 5.56 Å². The van der Waals surface area contributed by atoms with Crippen LogP contribution in [-0.2, 0) is 13.0 Å². The van der Waals surface area contributed by atoms with Gasteiger partial charge in [-0.05, 0) is 37.1 Å². The summed E-state index contributed by atoms with van der Waals surface area (Å²) in [5, 5.41) is 12.7. The third-order valence-corrected chi connectivity index (χ3v) is 3.12. The van der Waals surface area contributed by atoms with Crippen molar-refractivity contribution in [1.82, 2.24) is 0 Å². The molecule has 0 aliphatic rings. The minimum absolute atomic E-state index is 0.0104. The fraction of sp³-hybridized carbons (Fsp3) is 0.294. The molecule has 3 heteroatoms. The lowest BCUT2D eigenvalue weighted by atomic mass is 10.1. The molecule has 2 rings (SSSR count). The molecule has 0 atom stereocenters. The Bertz CT molecular complexity index is 526. The van der Waals surface area contributed by atoms with Crippen LogP contribution in [0.3, 0.4) is 0 Å². The highest BCUT2D eigenvalue weighted by Gasteiger charge is 2.03. The number of nitrogens with one attached hydrogen (secondary N) is 1. The highest BCUT2D eigenvalue weighted by molar-refractivity contribution is 5.51. The van der Waals surface area contributed by atoms with Crippen LogP contribution in [0.25, 0.3) is 0 Å². The van der Waals surface area contributed by atoms with E-state index >= 15 is 0 Å². The Morgan fingerprint density at radius 2 is 1.90 bits per heavy atom. The number of anilines is 1. The van der Waals surface area contributed by atoms with Gasteiger partial charge in [-0.25, -0.2) is 0 Å². The van der Waals surface area contributed by atoms with Gasteiger partial charge >= 0.3 is 0 Å². The Morgan fingerprint density at radius 3 is 2.60 bits per heavy atom. The predicted octanol–water partition coefficient (Wildman–Crippen LogP) is 3.23. The van der Waals surface area contributed by atoms with Gasteiger partial charge in [0.2, 0.25) is 0 Å². The average Bonchev–Trinajstić information content (AvgIpc) is 2.50. The lowest BCUT2D eigenvalue weighted by molar-refractivity contribution is 0.267. The van der Waals surface area contributed by atoms with Gasteiger partial charge in [0.15, 0.2) is 0 Å². The van der Waals surface area contributed by atoms with E-state index in [4.69, 9.17) is 4.74 Å². The number of ether oxygens (including phenoxy) is 1. The average molecular weight is 271 g/mol. The summed E-state index contributed by atoms with van der Waals surface area (Å²) in [5.41, 5.74) is 3.14. The molecule has 0 aliphatic carbocycles. The van der Waals surface area contributed by atoms with Gasteiger partial charge < -0.3 is 15.2 Å². The summed E-state index contributed by atoms with van der Waals surface area (Å²) in [6.07, 6.45) is 0.975. The Balaban J connectivity index is 1.93. The highest BCUT2D eigenvalue weighted by atomic mass is 16.5. The molecule has 0 aromatic heterocycles. The zero-order valence-electron chi connectivity index (χ0n) is 11.8. The minimum atomic E-state index is -0.0104. The van der Waals surface area contributed by atoms with Crippen molar-refractivity contribution in [3.63, 3.8) is 0 Å². The topological polar surface area (TPSA) is 41.5 Å². The zero-order chi connectivity index (χ0) is 14.2. The molecule has 0 bridgehead atoms. The van der Waals surface area contributed by atoms with Crippen molar-refractivity contribution in [2.24, 2.45) is 0 Å². The lowest BCUT2D eigenvalue weighted by Gasteiger charge is -2.12. The largest absolute Gasteiger partial charge is 0.494 e. The van der Waals surface area contributed by atoms with Crippen molar-refractivity contribution in [3.05, 3.63) is 59.7 Å². The maximum absolute atomic E-state index is 9.37. The Kier molecular flexibility index (Phi) is 5.44. The van der Waals surface area contributed by atoms with Crippen LogP contribution in [0.4, 0.5) is 5.69 Å². The summed E-state index contributed by atoms with van der Waals surface area (Å²) >= 11 is 0. The summed E-state index contributed by atoms with van der Waals surface area (Å²) in [7, 11) is 0. The maximum atomic E-state index is 9.37. The van der Waals surface area contributed by atoms with Crippen LogP contribution in [0.15, 0.2) is 48.5 Å². The second kappa shape index (κ2) is 7.56. The molecule has 0 fully saturated rings. The summed E-state index contributed by atoms with van der Waals surface area (Å²) in [6, 6.07) is 16.2. The molecule has 0 unspecified atom stereocenters. The van der Waals surface area contributed by atoms with Gasteiger partial charge in [-0.15, -0.1) is 0 Å². The van der Waals surface area contributed by atoms with Crippen LogP contribution >= 0.6 is 0 Å². The number of hydrogen-bond donors (Lipinski definition) is 2. The third kappa shape index (κ3) is 4.00. The van der Waals surface area contributed by atoms with E-state index in [1.54, 1.807) is 0 Å². The Morgan fingerprint density at radius 1 is 1.10 bits per heavy atom. The first kappa shape index (κ1) is 14.4. The van der Waals surface area contributed by atoms with E-state index in [0.29, 0.717) is 6.61 Å². The second-order valence-corrected chi connectivity index (χ2v) is 4.58.